The maximum Gasteiger partial charge on any atom is 0.198 e. The summed E-state index contributed by atoms with van der Waals surface area (Å²) in [7, 11) is 0. The van der Waals surface area contributed by atoms with Crippen LogP contribution in [0, 0.1) is 24.7 Å². The molecule has 0 bridgehead atoms. The highest BCUT2D eigenvalue weighted by molar-refractivity contribution is 7.24. The van der Waals surface area contributed by atoms with Crippen LogP contribution in [-0.4, -0.2) is 18.8 Å². The van der Waals surface area contributed by atoms with E-state index in [4.69, 9.17) is 44.0 Å². The van der Waals surface area contributed by atoms with Gasteiger partial charge in [0.25, 0.3) is 0 Å². The lowest BCUT2D eigenvalue weighted by atomic mass is 10.1. The fourth-order valence-electron chi connectivity index (χ4n) is 3.87. The largest absolute Gasteiger partial charge is 0.283 e. The first-order valence-corrected chi connectivity index (χ1v) is 11.4. The summed E-state index contributed by atoms with van der Waals surface area (Å²) in [6, 6.07) is 7.66. The summed E-state index contributed by atoms with van der Waals surface area (Å²) >= 11 is 15.4. The van der Waals surface area contributed by atoms with Crippen molar-refractivity contribution in [3.63, 3.8) is 0 Å². The van der Waals surface area contributed by atoms with Crippen LogP contribution < -0.4 is 11.0 Å². The van der Waals surface area contributed by atoms with E-state index in [1.54, 1.807) is 27.9 Å². The van der Waals surface area contributed by atoms with Gasteiger partial charge in [-0.1, -0.05) is 58.0 Å². The molecule has 30 heavy (non-hydrogen) atoms. The molecular weight excluding hydrogens is 459 g/mol. The number of nitrogens with one attached hydrogen (secondary N) is 2. The van der Waals surface area contributed by atoms with Gasteiger partial charge in [-0.2, -0.15) is 9.97 Å². The number of hydrogen-bond donors (Lipinski definition) is 2. The first kappa shape index (κ1) is 18.3. The Hall–Kier alpha value is -2.52. The zero-order valence-electron chi connectivity index (χ0n) is 15.7. The third-order valence-electron chi connectivity index (χ3n) is 5.32. The minimum Gasteiger partial charge on any atom is -0.283 e. The van der Waals surface area contributed by atoms with Gasteiger partial charge in [0, 0.05) is 0 Å². The van der Waals surface area contributed by atoms with Crippen molar-refractivity contribution in [2.75, 3.05) is 0 Å². The predicted molar refractivity (Wildman–Crippen MR) is 123 cm³/mol. The molecule has 4 aromatic heterocycles. The molecule has 0 aliphatic heterocycles. The molecule has 6 aromatic rings. The molecule has 0 fully saturated rings. The van der Waals surface area contributed by atoms with E-state index in [2.05, 4.69) is 19.1 Å². The third kappa shape index (κ3) is 2.24. The maximum absolute atomic E-state index is 8.96. The first-order chi connectivity index (χ1) is 14.3. The van der Waals surface area contributed by atoms with Crippen molar-refractivity contribution >= 4 is 87.3 Å². The summed E-state index contributed by atoms with van der Waals surface area (Å²) in [5.41, 5.74) is 4.69. The van der Waals surface area contributed by atoms with Gasteiger partial charge in [-0.3, -0.25) is 19.6 Å². The highest BCUT2D eigenvalue weighted by Crippen LogP contribution is 2.33. The number of aryl methyl sites for hydroxylation is 2. The molecule has 6 nitrogen and oxygen atoms in total. The van der Waals surface area contributed by atoms with Gasteiger partial charge < -0.3 is 0 Å². The Morgan fingerprint density at radius 3 is 2.27 bits per heavy atom. The van der Waals surface area contributed by atoms with E-state index in [0.717, 1.165) is 31.6 Å². The first-order valence-electron chi connectivity index (χ1n) is 9.00. The molecule has 148 valence electrons. The molecule has 0 saturated heterocycles. The van der Waals surface area contributed by atoms with Crippen LogP contribution in [0.3, 0.4) is 0 Å². The van der Waals surface area contributed by atoms with Gasteiger partial charge in [-0.05, 0) is 37.1 Å². The van der Waals surface area contributed by atoms with Crippen molar-refractivity contribution in [3.05, 3.63) is 56.4 Å². The molecule has 6 rings (SSSR count). The van der Waals surface area contributed by atoms with E-state index in [-0.39, 0.29) is 11.0 Å². The second kappa shape index (κ2) is 6.01. The highest BCUT2D eigenvalue weighted by Gasteiger charge is 2.18. The Morgan fingerprint density at radius 2 is 1.50 bits per heavy atom. The Morgan fingerprint density at radius 1 is 0.867 bits per heavy atom. The number of thiazole rings is 2. The van der Waals surface area contributed by atoms with Gasteiger partial charge in [0.15, 0.2) is 15.6 Å². The molecule has 2 N–H and O–H groups in total. The van der Waals surface area contributed by atoms with Gasteiger partial charge in [0.05, 0.1) is 30.5 Å². The molecule has 0 radical (unpaired) electrons. The zero-order valence-corrected chi connectivity index (χ0v) is 18.8. The number of benzene rings is 2. The van der Waals surface area contributed by atoms with Crippen LogP contribution in [-0.2, 0) is 0 Å². The third-order valence-corrected chi connectivity index (χ3v) is 8.22. The number of aromatic nitrogens is 4. The fraction of sp³-hybridized carbons (Fsp3) is 0.100. The molecule has 0 unspecified atom stereocenters. The van der Waals surface area contributed by atoms with E-state index in [0.29, 0.717) is 31.0 Å². The normalized spacial score (nSPS) is 12.3. The summed E-state index contributed by atoms with van der Waals surface area (Å²) in [5, 5.41) is 19.2. The standard InChI is InChI=1S/C20H12Cl2N6S2/c1-7-3-4-8(2)15-14(7)28-17(24)13-16(23)27-11-5-9(21)10(22)6-12(11)29-19(27)25-18(13)26-20(28)30-15/h3-6,23-24H,1-2H3. The van der Waals surface area contributed by atoms with Crippen molar-refractivity contribution in [2.45, 2.75) is 13.8 Å². The second-order valence-electron chi connectivity index (χ2n) is 7.17. The number of halogens is 2. The number of nitrogens with zero attached hydrogens (tertiary/aromatic N) is 4. The predicted octanol–water partition coefficient (Wildman–Crippen LogP) is 5.45. The molecular formula is C20H12Cl2N6S2. The zero-order chi connectivity index (χ0) is 20.9. The topological polar surface area (TPSA) is 82.3 Å². The van der Waals surface area contributed by atoms with Crippen molar-refractivity contribution in [1.82, 2.24) is 18.8 Å². The van der Waals surface area contributed by atoms with Crippen LogP contribution in [0.5, 0.6) is 0 Å². The molecule has 2 aromatic carbocycles. The average molecular weight is 471 g/mol. The summed E-state index contributed by atoms with van der Waals surface area (Å²) in [5.74, 6) is 0. The van der Waals surface area contributed by atoms with Crippen LogP contribution in [0.4, 0.5) is 0 Å². The summed E-state index contributed by atoms with van der Waals surface area (Å²) in [6.45, 7) is 4.09. The lowest BCUT2D eigenvalue weighted by Crippen LogP contribution is -2.25. The van der Waals surface area contributed by atoms with Gasteiger partial charge in [-0.15, -0.1) is 0 Å². The SMILES string of the molecule is Cc1ccc(C)c2c1sc1nc3nc4sc5cc(Cl)c(Cl)cc5n4c(=N)c3c(=N)n12. The van der Waals surface area contributed by atoms with Gasteiger partial charge in [0.2, 0.25) is 0 Å². The lowest BCUT2D eigenvalue weighted by molar-refractivity contribution is 0.993. The summed E-state index contributed by atoms with van der Waals surface area (Å²) in [6.07, 6.45) is 0. The highest BCUT2D eigenvalue weighted by atomic mass is 35.5. The van der Waals surface area contributed by atoms with Gasteiger partial charge >= 0.3 is 0 Å². The molecule has 0 aliphatic carbocycles. The Kier molecular flexibility index (Phi) is 3.66. The van der Waals surface area contributed by atoms with Crippen molar-refractivity contribution < 1.29 is 0 Å². The molecule has 0 spiro atoms. The Balaban J connectivity index is 1.89. The van der Waals surface area contributed by atoms with Crippen LogP contribution >= 0.6 is 45.9 Å². The minimum absolute atomic E-state index is 0.163. The fourth-order valence-corrected chi connectivity index (χ4v) is 6.46. The van der Waals surface area contributed by atoms with Crippen molar-refractivity contribution in [1.29, 1.82) is 10.8 Å². The number of rotatable bonds is 0. The molecule has 0 aliphatic rings. The molecule has 0 amide bonds. The second-order valence-corrected chi connectivity index (χ2v) is 9.97. The molecule has 10 heteroatoms. The maximum atomic E-state index is 8.96. The van der Waals surface area contributed by atoms with Crippen molar-refractivity contribution in [2.24, 2.45) is 0 Å². The van der Waals surface area contributed by atoms with E-state index < -0.39 is 0 Å². The Bertz CT molecular complexity index is 1840. The molecule has 0 saturated carbocycles. The number of hydrogen-bond acceptors (Lipinski definition) is 6. The van der Waals surface area contributed by atoms with E-state index >= 15 is 0 Å². The Labute approximate surface area is 186 Å². The van der Waals surface area contributed by atoms with Gasteiger partial charge in [0.1, 0.15) is 16.4 Å². The number of fused-ring (bicyclic) bond motifs is 7. The van der Waals surface area contributed by atoms with Crippen LogP contribution in [0.25, 0.3) is 41.4 Å². The molecule has 0 atom stereocenters. The van der Waals surface area contributed by atoms with E-state index in [1.165, 1.54) is 11.3 Å². The smallest absolute Gasteiger partial charge is 0.198 e. The van der Waals surface area contributed by atoms with Gasteiger partial charge in [-0.25, -0.2) is 0 Å². The van der Waals surface area contributed by atoms with Crippen LogP contribution in [0.1, 0.15) is 11.1 Å². The summed E-state index contributed by atoms with van der Waals surface area (Å²) in [4.78, 5) is 10.8. The van der Waals surface area contributed by atoms with E-state index in [9.17, 15) is 0 Å². The lowest BCUT2D eigenvalue weighted by Gasteiger charge is -2.05. The quantitative estimate of drug-likeness (QED) is 0.309. The monoisotopic (exact) mass is 470 g/mol. The molecule has 4 heterocycles. The van der Waals surface area contributed by atoms with Crippen molar-refractivity contribution in [3.8, 4) is 0 Å². The average Bonchev–Trinajstić information content (AvgIpc) is 3.24. The van der Waals surface area contributed by atoms with E-state index in [1.807, 2.05) is 11.3 Å². The summed E-state index contributed by atoms with van der Waals surface area (Å²) < 4.78 is 5.51. The minimum atomic E-state index is 0.163. The van der Waals surface area contributed by atoms with Crippen LogP contribution in [0.2, 0.25) is 10.0 Å². The van der Waals surface area contributed by atoms with Crippen LogP contribution in [0.15, 0.2) is 24.3 Å².